The topological polar surface area (TPSA) is 62.5 Å². The molecule has 0 saturated heterocycles. The minimum Gasteiger partial charge on any atom is -0.503 e. The Bertz CT molecular complexity index is 1230. The van der Waals surface area contributed by atoms with E-state index >= 15 is 0 Å². The van der Waals surface area contributed by atoms with E-state index in [2.05, 4.69) is 0 Å². The predicted octanol–water partition coefficient (Wildman–Crippen LogP) is 5.31. The highest BCUT2D eigenvalue weighted by Gasteiger charge is 2.45. The van der Waals surface area contributed by atoms with Crippen molar-refractivity contribution < 1.29 is 14.7 Å². The van der Waals surface area contributed by atoms with E-state index < -0.39 is 17.7 Å². The molecular formula is C26H28N2O3. The Morgan fingerprint density at radius 2 is 1.81 bits per heavy atom. The molecule has 1 aromatic heterocycles. The van der Waals surface area contributed by atoms with Crippen LogP contribution >= 0.6 is 0 Å². The number of fused-ring (bicyclic) bond motifs is 1. The maximum absolute atomic E-state index is 13.3. The van der Waals surface area contributed by atoms with E-state index in [1.54, 1.807) is 4.90 Å². The number of anilines is 1. The van der Waals surface area contributed by atoms with Crippen LogP contribution in [0.5, 0.6) is 0 Å². The number of ketones is 1. The zero-order valence-electron chi connectivity index (χ0n) is 18.6. The van der Waals surface area contributed by atoms with Crippen molar-refractivity contribution in [3.63, 3.8) is 0 Å². The number of Topliss-reactive ketones (excluding diaryl/α,β-unsaturated/α-hetero) is 1. The van der Waals surface area contributed by atoms with Gasteiger partial charge in [-0.25, -0.2) is 0 Å². The average molecular weight is 417 g/mol. The lowest BCUT2D eigenvalue weighted by atomic mass is 9.91. The molecule has 0 aliphatic carbocycles. The number of nitrogens with zero attached hydrogens (tertiary/aromatic N) is 2. The molecular weight excluding hydrogens is 388 g/mol. The summed E-state index contributed by atoms with van der Waals surface area (Å²) >= 11 is 0. The summed E-state index contributed by atoms with van der Waals surface area (Å²) in [5.74, 6) is -1.05. The normalized spacial score (nSPS) is 16.8. The average Bonchev–Trinajstić information content (AvgIpc) is 3.18. The fourth-order valence-electron chi connectivity index (χ4n) is 4.40. The SMILES string of the molecule is Cc1ccc(N2C(=O)C(O)=C(C(=O)CC(C)C)C2c2cn(C)c3ccccc23)cc1C. The van der Waals surface area contributed by atoms with Crippen LogP contribution in [0, 0.1) is 19.8 Å². The summed E-state index contributed by atoms with van der Waals surface area (Å²) in [7, 11) is 1.95. The number of para-hydroxylation sites is 1. The molecule has 5 heteroatoms. The maximum Gasteiger partial charge on any atom is 0.294 e. The lowest BCUT2D eigenvalue weighted by Crippen LogP contribution is -2.31. The molecule has 2 heterocycles. The van der Waals surface area contributed by atoms with E-state index in [4.69, 9.17) is 0 Å². The second-order valence-electron chi connectivity index (χ2n) is 8.84. The molecule has 0 bridgehead atoms. The number of aromatic nitrogens is 1. The number of aliphatic hydroxyl groups excluding tert-OH is 1. The quantitative estimate of drug-likeness (QED) is 0.613. The fraction of sp³-hybridized carbons (Fsp3) is 0.308. The molecule has 1 amide bonds. The molecule has 1 aliphatic heterocycles. The first-order valence-corrected chi connectivity index (χ1v) is 10.6. The number of hydrogen-bond acceptors (Lipinski definition) is 3. The van der Waals surface area contributed by atoms with Crippen LogP contribution < -0.4 is 4.90 Å². The summed E-state index contributed by atoms with van der Waals surface area (Å²) in [4.78, 5) is 28.1. The molecule has 5 nitrogen and oxygen atoms in total. The van der Waals surface area contributed by atoms with Crippen LogP contribution in [0.1, 0.15) is 43.0 Å². The number of aliphatic hydroxyl groups is 1. The first-order chi connectivity index (χ1) is 14.7. The van der Waals surface area contributed by atoms with Gasteiger partial charge in [-0.05, 0) is 49.1 Å². The Morgan fingerprint density at radius 3 is 2.48 bits per heavy atom. The lowest BCUT2D eigenvalue weighted by Gasteiger charge is -2.27. The van der Waals surface area contributed by atoms with E-state index in [1.165, 1.54) is 0 Å². The summed E-state index contributed by atoms with van der Waals surface area (Å²) < 4.78 is 1.99. The number of hydrogen-bond donors (Lipinski definition) is 1. The van der Waals surface area contributed by atoms with E-state index in [9.17, 15) is 14.7 Å². The summed E-state index contributed by atoms with van der Waals surface area (Å²) in [5, 5.41) is 11.8. The van der Waals surface area contributed by atoms with Crippen molar-refractivity contribution in [3.8, 4) is 0 Å². The Hall–Kier alpha value is -3.34. The third-order valence-electron chi connectivity index (χ3n) is 6.09. The molecule has 1 N–H and O–H groups in total. The highest BCUT2D eigenvalue weighted by molar-refractivity contribution is 6.17. The smallest absolute Gasteiger partial charge is 0.294 e. The molecule has 1 atom stereocenters. The fourth-order valence-corrected chi connectivity index (χ4v) is 4.40. The molecule has 0 radical (unpaired) electrons. The van der Waals surface area contributed by atoms with Gasteiger partial charge in [-0.15, -0.1) is 0 Å². The van der Waals surface area contributed by atoms with Gasteiger partial charge in [-0.1, -0.05) is 38.1 Å². The van der Waals surface area contributed by atoms with Crippen LogP contribution in [0.2, 0.25) is 0 Å². The predicted molar refractivity (Wildman–Crippen MR) is 123 cm³/mol. The Balaban J connectivity index is 1.96. The van der Waals surface area contributed by atoms with Crippen LogP contribution in [0.25, 0.3) is 10.9 Å². The second-order valence-corrected chi connectivity index (χ2v) is 8.84. The van der Waals surface area contributed by atoms with Crippen molar-refractivity contribution in [2.45, 2.75) is 40.2 Å². The van der Waals surface area contributed by atoms with Crippen LogP contribution in [0.3, 0.4) is 0 Å². The first-order valence-electron chi connectivity index (χ1n) is 10.6. The third-order valence-corrected chi connectivity index (χ3v) is 6.09. The molecule has 1 aliphatic rings. The summed E-state index contributed by atoms with van der Waals surface area (Å²) in [6, 6.07) is 13.0. The van der Waals surface area contributed by atoms with E-state index in [0.717, 1.165) is 27.6 Å². The van der Waals surface area contributed by atoms with Gasteiger partial charge >= 0.3 is 0 Å². The van der Waals surface area contributed by atoms with Crippen LogP contribution in [-0.2, 0) is 16.6 Å². The van der Waals surface area contributed by atoms with Crippen LogP contribution in [-0.4, -0.2) is 21.4 Å². The molecule has 0 saturated carbocycles. The standard InChI is InChI=1S/C26H28N2O3/c1-15(2)12-22(29)23-24(20-14-27(5)21-9-7-6-8-19(20)21)28(26(31)25(23)30)18-11-10-16(3)17(4)13-18/h6-11,13-15,24,30H,12H2,1-5H3. The summed E-state index contributed by atoms with van der Waals surface area (Å²) in [6.45, 7) is 7.92. The van der Waals surface area contributed by atoms with Gasteiger partial charge in [-0.2, -0.15) is 0 Å². The summed E-state index contributed by atoms with van der Waals surface area (Å²) in [6.07, 6.45) is 2.23. The van der Waals surface area contributed by atoms with Crippen molar-refractivity contribution in [1.82, 2.24) is 4.57 Å². The van der Waals surface area contributed by atoms with Gasteiger partial charge < -0.3 is 9.67 Å². The van der Waals surface area contributed by atoms with Crippen molar-refractivity contribution in [1.29, 1.82) is 0 Å². The van der Waals surface area contributed by atoms with Crippen molar-refractivity contribution in [3.05, 3.63) is 76.7 Å². The number of benzene rings is 2. The van der Waals surface area contributed by atoms with Crippen molar-refractivity contribution >= 4 is 28.3 Å². The van der Waals surface area contributed by atoms with Gasteiger partial charge in [0.2, 0.25) is 0 Å². The van der Waals surface area contributed by atoms with Gasteiger partial charge in [0.05, 0.1) is 11.6 Å². The Labute approximate surface area is 182 Å². The number of carbonyl (C=O) groups excluding carboxylic acids is 2. The van der Waals surface area contributed by atoms with Gasteiger partial charge in [-0.3, -0.25) is 14.5 Å². The molecule has 3 aromatic rings. The molecule has 4 rings (SSSR count). The molecule has 1 unspecified atom stereocenters. The number of rotatable bonds is 5. The Kier molecular flexibility index (Phi) is 5.21. The van der Waals surface area contributed by atoms with Crippen LogP contribution in [0.4, 0.5) is 5.69 Å². The number of amides is 1. The molecule has 160 valence electrons. The zero-order chi connectivity index (χ0) is 22.4. The van der Waals surface area contributed by atoms with E-state index in [0.29, 0.717) is 5.69 Å². The van der Waals surface area contributed by atoms with E-state index in [-0.39, 0.29) is 23.7 Å². The highest BCUT2D eigenvalue weighted by Crippen LogP contribution is 2.44. The maximum atomic E-state index is 13.3. The largest absolute Gasteiger partial charge is 0.503 e. The van der Waals surface area contributed by atoms with Gasteiger partial charge in [0.1, 0.15) is 0 Å². The highest BCUT2D eigenvalue weighted by atomic mass is 16.3. The minimum absolute atomic E-state index is 0.117. The first kappa shape index (κ1) is 20.9. The lowest BCUT2D eigenvalue weighted by molar-refractivity contribution is -0.118. The van der Waals surface area contributed by atoms with Crippen LogP contribution in [0.15, 0.2) is 60.0 Å². The molecule has 0 spiro atoms. The molecule has 0 fully saturated rings. The van der Waals surface area contributed by atoms with E-state index in [1.807, 2.05) is 88.0 Å². The third kappa shape index (κ3) is 3.44. The Morgan fingerprint density at radius 1 is 1.10 bits per heavy atom. The van der Waals surface area contributed by atoms with Gasteiger partial charge in [0, 0.05) is 41.8 Å². The summed E-state index contributed by atoms with van der Waals surface area (Å²) in [5.41, 5.74) is 4.86. The van der Waals surface area contributed by atoms with Gasteiger partial charge in [0.25, 0.3) is 5.91 Å². The van der Waals surface area contributed by atoms with Gasteiger partial charge in [0.15, 0.2) is 11.5 Å². The molecule has 31 heavy (non-hydrogen) atoms. The van der Waals surface area contributed by atoms with Crippen molar-refractivity contribution in [2.75, 3.05) is 4.90 Å². The number of aryl methyl sites for hydroxylation is 3. The number of carbonyl (C=O) groups is 2. The van der Waals surface area contributed by atoms with Crippen molar-refractivity contribution in [2.24, 2.45) is 13.0 Å². The second kappa shape index (κ2) is 7.73. The zero-order valence-corrected chi connectivity index (χ0v) is 18.6. The minimum atomic E-state index is -0.674. The monoisotopic (exact) mass is 416 g/mol. The molecule has 2 aromatic carbocycles.